The Kier molecular flexibility index (Phi) is 5.66. The van der Waals surface area contributed by atoms with Gasteiger partial charge in [0.05, 0.1) is 18.5 Å². The number of hydrogen-bond acceptors (Lipinski definition) is 6. The summed E-state index contributed by atoms with van der Waals surface area (Å²) < 4.78 is 13.7. The molecule has 152 valence electrons. The molecule has 29 heavy (non-hydrogen) atoms. The van der Waals surface area contributed by atoms with E-state index in [1.54, 1.807) is 47.3 Å². The summed E-state index contributed by atoms with van der Waals surface area (Å²) >= 11 is 1.56. The highest BCUT2D eigenvalue weighted by atomic mass is 32.1. The summed E-state index contributed by atoms with van der Waals surface area (Å²) in [5.41, 5.74) is -0.125. The second-order valence-electron chi connectivity index (χ2n) is 6.72. The number of carbonyl (C=O) groups is 1. The average molecular weight is 414 g/mol. The zero-order chi connectivity index (χ0) is 20.2. The summed E-state index contributed by atoms with van der Waals surface area (Å²) in [5, 5.41) is 9.24. The van der Waals surface area contributed by atoms with Gasteiger partial charge in [-0.2, -0.15) is 0 Å². The standard InChI is InChI=1S/C20H22N4O4S/c1-27-15-6-8-16(9-7-15)28-13-18(25)21-10-11-23-20(26)24(14-4-5-14)19(22-23)17-3-2-12-29-17/h2-3,6-9,12,14H,4-5,10-11,13H2,1H3,(H,21,25). The first-order chi connectivity index (χ1) is 14.2. The lowest BCUT2D eigenvalue weighted by molar-refractivity contribution is -0.123. The molecule has 2 aromatic heterocycles. The minimum atomic E-state index is -0.256. The predicted octanol–water partition coefficient (Wildman–Crippen LogP) is 2.31. The minimum absolute atomic E-state index is 0.0990. The van der Waals surface area contributed by atoms with E-state index in [9.17, 15) is 9.59 Å². The molecule has 9 heteroatoms. The SMILES string of the molecule is COc1ccc(OCC(=O)NCCn2nc(-c3cccs3)n(C3CC3)c2=O)cc1. The van der Waals surface area contributed by atoms with Gasteiger partial charge in [0, 0.05) is 12.6 Å². The molecule has 1 aromatic carbocycles. The highest BCUT2D eigenvalue weighted by Gasteiger charge is 2.30. The number of amides is 1. The van der Waals surface area contributed by atoms with Gasteiger partial charge in [0.1, 0.15) is 11.5 Å². The Bertz CT molecular complexity index is 1020. The third-order valence-corrected chi connectivity index (χ3v) is 5.47. The van der Waals surface area contributed by atoms with E-state index < -0.39 is 0 Å². The van der Waals surface area contributed by atoms with Crippen LogP contribution in [0, 0.1) is 0 Å². The van der Waals surface area contributed by atoms with Crippen LogP contribution in [-0.2, 0) is 11.3 Å². The van der Waals surface area contributed by atoms with Crippen molar-refractivity contribution in [2.75, 3.05) is 20.3 Å². The molecule has 0 spiro atoms. The molecule has 3 aromatic rings. The zero-order valence-corrected chi connectivity index (χ0v) is 16.9. The Balaban J connectivity index is 1.31. The van der Waals surface area contributed by atoms with Gasteiger partial charge in [-0.05, 0) is 48.6 Å². The maximum atomic E-state index is 12.7. The fraction of sp³-hybridized carbons (Fsp3) is 0.350. The predicted molar refractivity (Wildman–Crippen MR) is 110 cm³/mol. The van der Waals surface area contributed by atoms with Crippen molar-refractivity contribution in [1.29, 1.82) is 0 Å². The van der Waals surface area contributed by atoms with Gasteiger partial charge in [0.15, 0.2) is 12.4 Å². The molecule has 0 saturated heterocycles. The van der Waals surface area contributed by atoms with E-state index in [1.807, 2.05) is 17.5 Å². The first kappa shape index (κ1) is 19.3. The van der Waals surface area contributed by atoms with Gasteiger partial charge in [0.25, 0.3) is 5.91 Å². The molecule has 1 N–H and O–H groups in total. The van der Waals surface area contributed by atoms with Gasteiger partial charge in [-0.1, -0.05) is 6.07 Å². The number of hydrogen-bond donors (Lipinski definition) is 1. The summed E-state index contributed by atoms with van der Waals surface area (Å²) in [6.07, 6.45) is 2.01. The second-order valence-corrected chi connectivity index (χ2v) is 7.67. The summed E-state index contributed by atoms with van der Waals surface area (Å²) in [5.74, 6) is 1.76. The molecule has 0 aliphatic heterocycles. The highest BCUT2D eigenvalue weighted by Crippen LogP contribution is 2.37. The van der Waals surface area contributed by atoms with E-state index in [-0.39, 0.29) is 24.2 Å². The van der Waals surface area contributed by atoms with Crippen LogP contribution >= 0.6 is 11.3 Å². The molecule has 0 radical (unpaired) electrons. The number of carbonyl (C=O) groups excluding carboxylic acids is 1. The monoisotopic (exact) mass is 414 g/mol. The van der Waals surface area contributed by atoms with Gasteiger partial charge < -0.3 is 14.8 Å². The summed E-state index contributed by atoms with van der Waals surface area (Å²) in [6.45, 7) is 0.514. The van der Waals surface area contributed by atoms with E-state index in [4.69, 9.17) is 9.47 Å². The first-order valence-electron chi connectivity index (χ1n) is 9.42. The minimum Gasteiger partial charge on any atom is -0.497 e. The molecule has 2 heterocycles. The van der Waals surface area contributed by atoms with Crippen LogP contribution in [0.4, 0.5) is 0 Å². The topological polar surface area (TPSA) is 87.4 Å². The van der Waals surface area contributed by atoms with Gasteiger partial charge in [-0.25, -0.2) is 9.48 Å². The van der Waals surface area contributed by atoms with Crippen LogP contribution in [0.2, 0.25) is 0 Å². The number of rotatable bonds is 9. The van der Waals surface area contributed by atoms with E-state index in [0.717, 1.165) is 23.5 Å². The van der Waals surface area contributed by atoms with Crippen LogP contribution < -0.4 is 20.5 Å². The van der Waals surface area contributed by atoms with Crippen LogP contribution in [-0.4, -0.2) is 40.5 Å². The number of nitrogens with zero attached hydrogens (tertiary/aromatic N) is 3. The third kappa shape index (κ3) is 4.51. The second kappa shape index (κ2) is 8.52. The third-order valence-electron chi connectivity index (χ3n) is 4.60. The van der Waals surface area contributed by atoms with E-state index in [2.05, 4.69) is 10.4 Å². The molecule has 8 nitrogen and oxygen atoms in total. The summed E-state index contributed by atoms with van der Waals surface area (Å²) in [4.78, 5) is 25.7. The van der Waals surface area contributed by atoms with Crippen LogP contribution in [0.3, 0.4) is 0 Å². The largest absolute Gasteiger partial charge is 0.497 e. The molecular formula is C20H22N4O4S. The van der Waals surface area contributed by atoms with E-state index in [1.165, 1.54) is 4.68 Å². The average Bonchev–Trinajstić information content (AvgIpc) is 3.31. The molecule has 1 aliphatic carbocycles. The lowest BCUT2D eigenvalue weighted by Gasteiger charge is -2.08. The Morgan fingerprint density at radius 1 is 1.24 bits per heavy atom. The quantitative estimate of drug-likeness (QED) is 0.581. The normalized spacial score (nSPS) is 13.3. The Morgan fingerprint density at radius 2 is 2.00 bits per heavy atom. The number of benzene rings is 1. The van der Waals surface area contributed by atoms with Gasteiger partial charge in [0.2, 0.25) is 0 Å². The van der Waals surface area contributed by atoms with Crippen LogP contribution in [0.5, 0.6) is 11.5 Å². The number of aromatic nitrogens is 3. The van der Waals surface area contributed by atoms with Crippen LogP contribution in [0.15, 0.2) is 46.6 Å². The lowest BCUT2D eigenvalue weighted by Crippen LogP contribution is -2.34. The van der Waals surface area contributed by atoms with Crippen LogP contribution in [0.25, 0.3) is 10.7 Å². The molecule has 1 saturated carbocycles. The molecule has 1 aliphatic rings. The molecule has 1 amide bonds. The van der Waals surface area contributed by atoms with Gasteiger partial charge in [-0.3, -0.25) is 9.36 Å². The van der Waals surface area contributed by atoms with Crippen molar-refractivity contribution < 1.29 is 14.3 Å². The van der Waals surface area contributed by atoms with Gasteiger partial charge >= 0.3 is 5.69 Å². The van der Waals surface area contributed by atoms with E-state index >= 15 is 0 Å². The molecule has 4 rings (SSSR count). The summed E-state index contributed by atoms with van der Waals surface area (Å²) in [6, 6.07) is 11.2. The van der Waals surface area contributed by atoms with E-state index in [0.29, 0.717) is 24.7 Å². The smallest absolute Gasteiger partial charge is 0.346 e. The number of ether oxygens (including phenoxy) is 2. The Hall–Kier alpha value is -3.07. The highest BCUT2D eigenvalue weighted by molar-refractivity contribution is 7.13. The maximum Gasteiger partial charge on any atom is 0.346 e. The van der Waals surface area contributed by atoms with Crippen molar-refractivity contribution in [1.82, 2.24) is 19.7 Å². The molecule has 0 bridgehead atoms. The van der Waals surface area contributed by atoms with Crippen molar-refractivity contribution in [3.63, 3.8) is 0 Å². The maximum absolute atomic E-state index is 12.7. The number of thiophene rings is 1. The molecule has 0 atom stereocenters. The summed E-state index contributed by atoms with van der Waals surface area (Å²) in [7, 11) is 1.59. The number of methoxy groups -OCH3 is 1. The zero-order valence-electron chi connectivity index (χ0n) is 16.0. The van der Waals surface area contributed by atoms with Crippen molar-refractivity contribution in [2.24, 2.45) is 0 Å². The van der Waals surface area contributed by atoms with Crippen LogP contribution in [0.1, 0.15) is 18.9 Å². The van der Waals surface area contributed by atoms with Crippen molar-refractivity contribution >= 4 is 17.2 Å². The fourth-order valence-corrected chi connectivity index (χ4v) is 3.68. The van der Waals surface area contributed by atoms with Crippen molar-refractivity contribution in [2.45, 2.75) is 25.4 Å². The van der Waals surface area contributed by atoms with Gasteiger partial charge in [-0.15, -0.1) is 16.4 Å². The number of nitrogens with one attached hydrogen (secondary N) is 1. The first-order valence-corrected chi connectivity index (χ1v) is 10.3. The van der Waals surface area contributed by atoms with Crippen molar-refractivity contribution in [3.05, 3.63) is 52.3 Å². The molecule has 0 unspecified atom stereocenters. The Labute approximate surface area is 171 Å². The fourth-order valence-electron chi connectivity index (χ4n) is 2.97. The lowest BCUT2D eigenvalue weighted by atomic mass is 10.3. The molecular weight excluding hydrogens is 392 g/mol. The molecule has 1 fully saturated rings. The Morgan fingerprint density at radius 3 is 2.66 bits per heavy atom. The van der Waals surface area contributed by atoms with Crippen molar-refractivity contribution in [3.8, 4) is 22.2 Å².